The van der Waals surface area contributed by atoms with Gasteiger partial charge in [-0.1, -0.05) is 18.2 Å². The Morgan fingerprint density at radius 2 is 2.10 bits per heavy atom. The molecule has 3 unspecified atom stereocenters. The van der Waals surface area contributed by atoms with Gasteiger partial charge in [-0.15, -0.1) is 0 Å². The predicted molar refractivity (Wildman–Crippen MR) is 78.8 cm³/mol. The van der Waals surface area contributed by atoms with Crippen molar-refractivity contribution in [3.05, 3.63) is 29.8 Å². The first kappa shape index (κ1) is 13.6. The summed E-state index contributed by atoms with van der Waals surface area (Å²) in [6.45, 7) is 0. The van der Waals surface area contributed by atoms with Crippen molar-refractivity contribution in [2.45, 2.75) is 50.3 Å². The minimum absolute atomic E-state index is 0.0803. The number of nitrogens with one attached hydrogen (secondary N) is 2. The van der Waals surface area contributed by atoms with Gasteiger partial charge in [-0.25, -0.2) is 0 Å². The molecule has 0 saturated heterocycles. The molecule has 2 aliphatic rings. The molecule has 3 rings (SSSR count). The molecular formula is C16H22N2O2. The maximum Gasteiger partial charge on any atom is 0.241 e. The number of benzene rings is 1. The first-order valence-corrected chi connectivity index (χ1v) is 7.45. The summed E-state index contributed by atoms with van der Waals surface area (Å²) in [7, 11) is 1.76. The van der Waals surface area contributed by atoms with Gasteiger partial charge in [0.25, 0.3) is 0 Å². The number of fused-ring (bicyclic) bond motifs is 1. The van der Waals surface area contributed by atoms with Crippen molar-refractivity contribution in [1.82, 2.24) is 5.32 Å². The second-order valence-corrected chi connectivity index (χ2v) is 5.72. The molecule has 0 bridgehead atoms. The van der Waals surface area contributed by atoms with Crippen LogP contribution in [0.4, 0.5) is 5.69 Å². The molecule has 20 heavy (non-hydrogen) atoms. The minimum Gasteiger partial charge on any atom is -0.380 e. The predicted octanol–water partition coefficient (Wildman–Crippen LogP) is 2.10. The van der Waals surface area contributed by atoms with E-state index in [1.807, 2.05) is 18.2 Å². The van der Waals surface area contributed by atoms with Crippen LogP contribution in [0.15, 0.2) is 24.3 Å². The molecule has 3 atom stereocenters. The van der Waals surface area contributed by atoms with E-state index in [-0.39, 0.29) is 18.1 Å². The third kappa shape index (κ3) is 2.72. The van der Waals surface area contributed by atoms with Crippen molar-refractivity contribution in [3.8, 4) is 0 Å². The second-order valence-electron chi connectivity index (χ2n) is 5.72. The van der Waals surface area contributed by atoms with Gasteiger partial charge in [0.1, 0.15) is 0 Å². The molecule has 1 aromatic carbocycles. The number of amides is 1. The molecule has 1 fully saturated rings. The fourth-order valence-corrected chi connectivity index (χ4v) is 3.33. The highest BCUT2D eigenvalue weighted by Gasteiger charge is 2.32. The number of anilines is 1. The number of hydrogen-bond donors (Lipinski definition) is 2. The molecule has 0 spiro atoms. The summed E-state index contributed by atoms with van der Waals surface area (Å²) in [5.74, 6) is 0.0803. The Labute approximate surface area is 119 Å². The molecule has 1 saturated carbocycles. The van der Waals surface area contributed by atoms with Crippen LogP contribution in [0.2, 0.25) is 0 Å². The van der Waals surface area contributed by atoms with Crippen LogP contribution < -0.4 is 10.6 Å². The number of carbonyl (C=O) groups excluding carboxylic acids is 1. The molecule has 1 aliphatic heterocycles. The summed E-state index contributed by atoms with van der Waals surface area (Å²) in [6, 6.07) is 8.23. The first-order chi connectivity index (χ1) is 9.78. The average molecular weight is 274 g/mol. The van der Waals surface area contributed by atoms with Crippen LogP contribution >= 0.6 is 0 Å². The minimum atomic E-state index is -0.122. The number of methoxy groups -OCH3 is 1. The van der Waals surface area contributed by atoms with Gasteiger partial charge >= 0.3 is 0 Å². The van der Waals surface area contributed by atoms with Crippen molar-refractivity contribution >= 4 is 11.6 Å². The smallest absolute Gasteiger partial charge is 0.241 e. The lowest BCUT2D eigenvalue weighted by Crippen LogP contribution is -2.48. The first-order valence-electron chi connectivity index (χ1n) is 7.45. The number of aryl methyl sites for hydroxylation is 1. The zero-order valence-corrected chi connectivity index (χ0v) is 11.9. The lowest BCUT2D eigenvalue weighted by atomic mass is 10.0. The van der Waals surface area contributed by atoms with Crippen molar-refractivity contribution < 1.29 is 9.53 Å². The van der Waals surface area contributed by atoms with E-state index in [0.717, 1.165) is 31.4 Å². The van der Waals surface area contributed by atoms with Gasteiger partial charge in [0.2, 0.25) is 5.91 Å². The third-order valence-corrected chi connectivity index (χ3v) is 4.46. The molecule has 1 heterocycles. The van der Waals surface area contributed by atoms with E-state index in [9.17, 15) is 4.79 Å². The second kappa shape index (κ2) is 5.94. The van der Waals surface area contributed by atoms with Crippen molar-refractivity contribution in [2.75, 3.05) is 12.4 Å². The topological polar surface area (TPSA) is 50.4 Å². The van der Waals surface area contributed by atoms with E-state index in [4.69, 9.17) is 4.74 Å². The quantitative estimate of drug-likeness (QED) is 0.887. The zero-order valence-electron chi connectivity index (χ0n) is 11.9. The third-order valence-electron chi connectivity index (χ3n) is 4.46. The van der Waals surface area contributed by atoms with Crippen LogP contribution in [0, 0.1) is 0 Å². The van der Waals surface area contributed by atoms with Crippen molar-refractivity contribution in [1.29, 1.82) is 0 Å². The molecule has 1 aromatic rings. The number of ether oxygens (including phenoxy) is 1. The number of carbonyl (C=O) groups is 1. The van der Waals surface area contributed by atoms with Gasteiger partial charge in [0.05, 0.1) is 12.1 Å². The zero-order chi connectivity index (χ0) is 13.9. The van der Waals surface area contributed by atoms with Gasteiger partial charge in [-0.2, -0.15) is 0 Å². The summed E-state index contributed by atoms with van der Waals surface area (Å²) < 4.78 is 5.50. The van der Waals surface area contributed by atoms with E-state index >= 15 is 0 Å². The monoisotopic (exact) mass is 274 g/mol. The van der Waals surface area contributed by atoms with E-state index in [2.05, 4.69) is 16.7 Å². The standard InChI is InChI=1S/C16H22N2O2/c1-20-15-8-4-7-13(15)17-14-10-9-11-5-2-3-6-12(11)18-16(14)19/h2-3,5-6,13-15,17H,4,7-10H2,1H3,(H,18,19). The lowest BCUT2D eigenvalue weighted by molar-refractivity contribution is -0.118. The molecule has 2 N–H and O–H groups in total. The molecular weight excluding hydrogens is 252 g/mol. The molecule has 1 aliphatic carbocycles. The molecule has 1 amide bonds. The van der Waals surface area contributed by atoms with Crippen LogP contribution in [-0.4, -0.2) is 31.2 Å². The van der Waals surface area contributed by atoms with Crippen LogP contribution in [0.25, 0.3) is 0 Å². The molecule has 0 radical (unpaired) electrons. The Bertz CT molecular complexity index is 489. The fourth-order valence-electron chi connectivity index (χ4n) is 3.33. The molecule has 4 heteroatoms. The number of rotatable bonds is 3. The Morgan fingerprint density at radius 3 is 2.95 bits per heavy atom. The maximum atomic E-state index is 12.3. The Morgan fingerprint density at radius 1 is 1.25 bits per heavy atom. The summed E-state index contributed by atoms with van der Waals surface area (Å²) in [4.78, 5) is 12.3. The Balaban J connectivity index is 1.68. The summed E-state index contributed by atoms with van der Waals surface area (Å²) >= 11 is 0. The highest BCUT2D eigenvalue weighted by atomic mass is 16.5. The highest BCUT2D eigenvalue weighted by Crippen LogP contribution is 2.25. The van der Waals surface area contributed by atoms with E-state index in [0.29, 0.717) is 6.04 Å². The molecule has 108 valence electrons. The largest absolute Gasteiger partial charge is 0.380 e. The van der Waals surface area contributed by atoms with E-state index < -0.39 is 0 Å². The van der Waals surface area contributed by atoms with Crippen molar-refractivity contribution in [2.24, 2.45) is 0 Å². The molecule has 0 aromatic heterocycles. The van der Waals surface area contributed by atoms with E-state index in [1.165, 1.54) is 12.0 Å². The van der Waals surface area contributed by atoms with Gasteiger partial charge in [0, 0.05) is 18.8 Å². The van der Waals surface area contributed by atoms with Crippen molar-refractivity contribution in [3.63, 3.8) is 0 Å². The maximum absolute atomic E-state index is 12.3. The SMILES string of the molecule is COC1CCCC1NC1CCc2ccccc2NC1=O. The van der Waals surface area contributed by atoms with E-state index in [1.54, 1.807) is 7.11 Å². The van der Waals surface area contributed by atoms with Crippen LogP contribution in [-0.2, 0) is 16.0 Å². The number of hydrogen-bond acceptors (Lipinski definition) is 3. The fraction of sp³-hybridized carbons (Fsp3) is 0.562. The summed E-state index contributed by atoms with van der Waals surface area (Å²) in [5, 5.41) is 6.54. The Kier molecular flexibility index (Phi) is 4.03. The normalized spacial score (nSPS) is 29.6. The van der Waals surface area contributed by atoms with Crippen LogP contribution in [0.1, 0.15) is 31.2 Å². The Hall–Kier alpha value is -1.39. The van der Waals surface area contributed by atoms with Gasteiger partial charge in [0.15, 0.2) is 0 Å². The van der Waals surface area contributed by atoms with Crippen LogP contribution in [0.5, 0.6) is 0 Å². The molecule has 4 nitrogen and oxygen atoms in total. The summed E-state index contributed by atoms with van der Waals surface area (Å²) in [6.07, 6.45) is 5.36. The summed E-state index contributed by atoms with van der Waals surface area (Å²) in [5.41, 5.74) is 2.18. The van der Waals surface area contributed by atoms with Gasteiger partial charge in [-0.05, 0) is 43.7 Å². The number of para-hydroxylation sites is 1. The van der Waals surface area contributed by atoms with Gasteiger partial charge in [-0.3, -0.25) is 4.79 Å². The van der Waals surface area contributed by atoms with Crippen LogP contribution in [0.3, 0.4) is 0 Å². The van der Waals surface area contributed by atoms with Gasteiger partial charge < -0.3 is 15.4 Å². The lowest BCUT2D eigenvalue weighted by Gasteiger charge is -2.24. The average Bonchev–Trinajstić information content (AvgIpc) is 2.85. The highest BCUT2D eigenvalue weighted by molar-refractivity contribution is 5.96.